The van der Waals surface area contributed by atoms with Crippen LogP contribution in [-0.4, -0.2) is 7.11 Å². The Labute approximate surface area is 119 Å². The van der Waals surface area contributed by atoms with Gasteiger partial charge in [-0.3, -0.25) is 10.3 Å². The lowest BCUT2D eigenvalue weighted by atomic mass is 10.1. The van der Waals surface area contributed by atoms with Gasteiger partial charge in [-0.15, -0.1) is 0 Å². The molecule has 20 heavy (non-hydrogen) atoms. The van der Waals surface area contributed by atoms with Gasteiger partial charge in [0, 0.05) is 5.56 Å². The van der Waals surface area contributed by atoms with E-state index in [0.29, 0.717) is 6.61 Å². The van der Waals surface area contributed by atoms with Crippen LogP contribution in [0.2, 0.25) is 0 Å². The molecule has 2 rings (SSSR count). The minimum absolute atomic E-state index is 0.531. The van der Waals surface area contributed by atoms with E-state index in [1.54, 1.807) is 13.4 Å². The quantitative estimate of drug-likeness (QED) is 0.641. The predicted molar refractivity (Wildman–Crippen MR) is 80.5 cm³/mol. The molecule has 0 atom stereocenters. The van der Waals surface area contributed by atoms with Crippen LogP contribution in [0.5, 0.6) is 0 Å². The van der Waals surface area contributed by atoms with Crippen LogP contribution < -0.4 is 5.48 Å². The van der Waals surface area contributed by atoms with E-state index in [2.05, 4.69) is 24.5 Å². The third-order valence-corrected chi connectivity index (χ3v) is 2.83. The summed E-state index contributed by atoms with van der Waals surface area (Å²) >= 11 is 0. The Balaban J connectivity index is 2.03. The van der Waals surface area contributed by atoms with Crippen molar-refractivity contribution < 1.29 is 9.57 Å². The first-order valence-corrected chi connectivity index (χ1v) is 6.51. The van der Waals surface area contributed by atoms with Crippen molar-refractivity contribution in [3.8, 4) is 0 Å². The molecule has 3 heteroatoms. The first-order valence-electron chi connectivity index (χ1n) is 6.51. The van der Waals surface area contributed by atoms with Gasteiger partial charge in [0.2, 0.25) is 0 Å². The number of benzene rings is 2. The Morgan fingerprint density at radius 1 is 1.10 bits per heavy atom. The zero-order chi connectivity index (χ0) is 14.2. The molecular formula is C17H19NO2. The van der Waals surface area contributed by atoms with Crippen LogP contribution in [-0.2, 0) is 16.2 Å². The molecule has 0 saturated heterocycles. The fourth-order valence-electron chi connectivity index (χ4n) is 1.90. The van der Waals surface area contributed by atoms with Crippen LogP contribution in [0.15, 0.2) is 60.9 Å². The topological polar surface area (TPSA) is 30.5 Å². The Morgan fingerprint density at radius 2 is 1.90 bits per heavy atom. The Hall–Kier alpha value is -2.26. The maximum Gasteiger partial charge on any atom is 0.113 e. The molecule has 104 valence electrons. The lowest BCUT2D eigenvalue weighted by Gasteiger charge is -2.09. The Morgan fingerprint density at radius 3 is 2.60 bits per heavy atom. The highest BCUT2D eigenvalue weighted by atomic mass is 16.6. The monoisotopic (exact) mass is 269 g/mol. The third-order valence-electron chi connectivity index (χ3n) is 2.83. The third kappa shape index (κ3) is 4.14. The second kappa shape index (κ2) is 7.36. The highest BCUT2D eigenvalue weighted by Crippen LogP contribution is 2.12. The van der Waals surface area contributed by atoms with Crippen molar-refractivity contribution in [2.24, 2.45) is 0 Å². The normalized spacial score (nSPS) is 11.2. The molecule has 0 aliphatic carbocycles. The fraction of sp³-hybridized carbons (Fsp3) is 0.176. The average molecular weight is 269 g/mol. The largest absolute Gasteiger partial charge is 0.494 e. The number of hydrogen-bond donors (Lipinski definition) is 1. The van der Waals surface area contributed by atoms with Gasteiger partial charge in [0.25, 0.3) is 0 Å². The van der Waals surface area contributed by atoms with Crippen molar-refractivity contribution in [3.63, 3.8) is 0 Å². The van der Waals surface area contributed by atoms with Gasteiger partial charge in [0.1, 0.15) is 18.6 Å². The molecule has 0 heterocycles. The van der Waals surface area contributed by atoms with E-state index in [9.17, 15) is 0 Å². The minimum Gasteiger partial charge on any atom is -0.494 e. The van der Waals surface area contributed by atoms with Crippen LogP contribution in [0, 0.1) is 6.92 Å². The van der Waals surface area contributed by atoms with E-state index in [-0.39, 0.29) is 0 Å². The second-order valence-corrected chi connectivity index (χ2v) is 4.50. The van der Waals surface area contributed by atoms with Crippen molar-refractivity contribution in [3.05, 3.63) is 77.5 Å². The smallest absolute Gasteiger partial charge is 0.113 e. The first kappa shape index (κ1) is 14.2. The zero-order valence-electron chi connectivity index (χ0n) is 11.8. The molecule has 0 saturated carbocycles. The summed E-state index contributed by atoms with van der Waals surface area (Å²) in [5, 5.41) is 0. The maximum atomic E-state index is 5.64. The summed E-state index contributed by atoms with van der Waals surface area (Å²) in [6.45, 7) is 2.60. The predicted octanol–water partition coefficient (Wildman–Crippen LogP) is 3.66. The fourth-order valence-corrected chi connectivity index (χ4v) is 1.90. The molecular weight excluding hydrogens is 250 g/mol. The van der Waals surface area contributed by atoms with E-state index < -0.39 is 0 Å². The number of aryl methyl sites for hydroxylation is 1. The van der Waals surface area contributed by atoms with Crippen LogP contribution in [0.4, 0.5) is 0 Å². The summed E-state index contributed by atoms with van der Waals surface area (Å²) in [5.74, 6) is 0. The van der Waals surface area contributed by atoms with Crippen molar-refractivity contribution in [2.45, 2.75) is 13.5 Å². The molecule has 0 amide bonds. The first-order chi connectivity index (χ1) is 9.79. The van der Waals surface area contributed by atoms with Gasteiger partial charge in [-0.25, -0.2) is 0 Å². The number of ether oxygens (including phenoxy) is 1. The molecule has 0 bridgehead atoms. The van der Waals surface area contributed by atoms with Gasteiger partial charge < -0.3 is 4.74 Å². The molecule has 0 spiro atoms. The summed E-state index contributed by atoms with van der Waals surface area (Å²) in [6.07, 6.45) is 1.68. The van der Waals surface area contributed by atoms with Crippen molar-refractivity contribution in [1.29, 1.82) is 0 Å². The highest BCUT2D eigenvalue weighted by Gasteiger charge is 2.00. The molecule has 0 aliphatic rings. The average Bonchev–Trinajstić information content (AvgIpc) is 2.47. The van der Waals surface area contributed by atoms with Crippen LogP contribution in [0.25, 0.3) is 5.70 Å². The van der Waals surface area contributed by atoms with Crippen LogP contribution in [0.3, 0.4) is 0 Å². The summed E-state index contributed by atoms with van der Waals surface area (Å²) in [7, 11) is 1.58. The van der Waals surface area contributed by atoms with E-state index in [1.807, 2.05) is 42.5 Å². The van der Waals surface area contributed by atoms with E-state index in [4.69, 9.17) is 9.57 Å². The molecule has 2 aromatic carbocycles. The highest BCUT2D eigenvalue weighted by molar-refractivity contribution is 5.61. The van der Waals surface area contributed by atoms with E-state index >= 15 is 0 Å². The van der Waals surface area contributed by atoms with Crippen LogP contribution >= 0.6 is 0 Å². The summed E-state index contributed by atoms with van der Waals surface area (Å²) in [5.41, 5.74) is 7.01. The standard InChI is InChI=1S/C17H19NO2/c1-14-7-6-8-15(11-14)12-20-13-17(18-19-2)16-9-4-3-5-10-16/h3-11,13,18H,12H2,1-2H3. The molecule has 0 fully saturated rings. The molecule has 0 aromatic heterocycles. The molecule has 3 nitrogen and oxygen atoms in total. The van der Waals surface area contributed by atoms with Gasteiger partial charge in [0.15, 0.2) is 0 Å². The minimum atomic E-state index is 0.531. The van der Waals surface area contributed by atoms with Gasteiger partial charge in [0.05, 0.1) is 7.11 Å². The lowest BCUT2D eigenvalue weighted by molar-refractivity contribution is 0.132. The second-order valence-electron chi connectivity index (χ2n) is 4.50. The van der Waals surface area contributed by atoms with Crippen molar-refractivity contribution in [2.75, 3.05) is 7.11 Å². The number of hydrogen-bond acceptors (Lipinski definition) is 3. The molecule has 2 aromatic rings. The lowest BCUT2D eigenvalue weighted by Crippen LogP contribution is -2.10. The van der Waals surface area contributed by atoms with Gasteiger partial charge in [-0.2, -0.15) is 0 Å². The maximum absolute atomic E-state index is 5.64. The summed E-state index contributed by atoms with van der Waals surface area (Å²) < 4.78 is 5.64. The molecule has 1 N–H and O–H groups in total. The van der Waals surface area contributed by atoms with Crippen molar-refractivity contribution in [1.82, 2.24) is 5.48 Å². The van der Waals surface area contributed by atoms with Gasteiger partial charge in [-0.1, -0.05) is 60.2 Å². The number of nitrogens with one attached hydrogen (secondary N) is 1. The summed E-state index contributed by atoms with van der Waals surface area (Å²) in [4.78, 5) is 4.98. The SMILES string of the molecule is CONC(=COCc1cccc(C)c1)c1ccccc1. The van der Waals surface area contributed by atoms with E-state index in [1.165, 1.54) is 5.56 Å². The van der Waals surface area contributed by atoms with Gasteiger partial charge in [-0.05, 0) is 12.5 Å². The zero-order valence-corrected chi connectivity index (χ0v) is 11.8. The van der Waals surface area contributed by atoms with E-state index in [0.717, 1.165) is 16.8 Å². The number of hydroxylamine groups is 1. The summed E-state index contributed by atoms with van der Waals surface area (Å²) in [6, 6.07) is 18.2. The van der Waals surface area contributed by atoms with Gasteiger partial charge >= 0.3 is 0 Å². The van der Waals surface area contributed by atoms with Crippen LogP contribution in [0.1, 0.15) is 16.7 Å². The Kier molecular flexibility index (Phi) is 5.21. The van der Waals surface area contributed by atoms with Crippen molar-refractivity contribution >= 4 is 5.70 Å². The molecule has 0 unspecified atom stereocenters. The number of rotatable bonds is 6. The molecule has 0 aliphatic heterocycles. The Bertz CT molecular complexity index is 564. The molecule has 0 radical (unpaired) electrons.